The van der Waals surface area contributed by atoms with Crippen molar-refractivity contribution in [2.75, 3.05) is 0 Å². The number of oxazole rings is 1. The van der Waals surface area contributed by atoms with Crippen LogP contribution in [0.2, 0.25) is 0 Å². The molecule has 0 unspecified atom stereocenters. The topological polar surface area (TPSA) is 38.9 Å². The molecule has 12 heavy (non-hydrogen) atoms. The van der Waals surface area contributed by atoms with Gasteiger partial charge in [0, 0.05) is 6.20 Å². The van der Waals surface area contributed by atoms with E-state index < -0.39 is 0 Å². The van der Waals surface area contributed by atoms with Crippen LogP contribution >= 0.6 is 0 Å². The Bertz CT molecular complexity index is 392. The Morgan fingerprint density at radius 2 is 2.17 bits per heavy atom. The number of rotatable bonds is 1. The second-order valence-electron chi connectivity index (χ2n) is 3.05. The summed E-state index contributed by atoms with van der Waals surface area (Å²) in [5, 5.41) is 0. The van der Waals surface area contributed by atoms with E-state index in [-0.39, 0.29) is 0 Å². The van der Waals surface area contributed by atoms with Crippen LogP contribution in [0.3, 0.4) is 0 Å². The van der Waals surface area contributed by atoms with Crippen LogP contribution in [-0.2, 0) is 0 Å². The molecule has 0 aliphatic carbocycles. The van der Waals surface area contributed by atoms with Gasteiger partial charge in [-0.05, 0) is 12.0 Å². The standard InChI is InChI=1S/C9H10N2O/c1-6(2)8-9-7(3-4-10-8)11-5-12-9/h3-6H,1-2H3. The van der Waals surface area contributed by atoms with Crippen LogP contribution in [0.1, 0.15) is 25.5 Å². The maximum Gasteiger partial charge on any atom is 0.182 e. The highest BCUT2D eigenvalue weighted by atomic mass is 16.3. The fourth-order valence-electron chi connectivity index (χ4n) is 1.22. The van der Waals surface area contributed by atoms with Gasteiger partial charge in [0.2, 0.25) is 0 Å². The Balaban J connectivity index is 2.73. The summed E-state index contributed by atoms with van der Waals surface area (Å²) >= 11 is 0. The number of hydrogen-bond acceptors (Lipinski definition) is 3. The third-order valence-corrected chi connectivity index (χ3v) is 1.82. The molecule has 2 aromatic heterocycles. The number of nitrogens with zero attached hydrogens (tertiary/aromatic N) is 2. The molecule has 0 aliphatic heterocycles. The Hall–Kier alpha value is -1.38. The van der Waals surface area contributed by atoms with Gasteiger partial charge in [0.05, 0.1) is 5.69 Å². The zero-order valence-electron chi connectivity index (χ0n) is 7.11. The van der Waals surface area contributed by atoms with Gasteiger partial charge < -0.3 is 4.42 Å². The summed E-state index contributed by atoms with van der Waals surface area (Å²) in [6.45, 7) is 4.18. The molecule has 3 heteroatoms. The highest BCUT2D eigenvalue weighted by Crippen LogP contribution is 2.21. The molecule has 0 aliphatic rings. The van der Waals surface area contributed by atoms with Gasteiger partial charge >= 0.3 is 0 Å². The SMILES string of the molecule is CC(C)c1nccc2ncoc12. The fourth-order valence-corrected chi connectivity index (χ4v) is 1.22. The van der Waals surface area contributed by atoms with E-state index in [4.69, 9.17) is 4.42 Å². The molecule has 3 nitrogen and oxygen atoms in total. The van der Waals surface area contributed by atoms with E-state index in [1.54, 1.807) is 6.20 Å². The van der Waals surface area contributed by atoms with Crippen LogP contribution in [0.4, 0.5) is 0 Å². The van der Waals surface area contributed by atoms with Gasteiger partial charge in [0.25, 0.3) is 0 Å². The maximum atomic E-state index is 5.24. The summed E-state index contributed by atoms with van der Waals surface area (Å²) < 4.78 is 5.24. The molecular weight excluding hydrogens is 152 g/mol. The molecule has 0 bridgehead atoms. The lowest BCUT2D eigenvalue weighted by Gasteiger charge is -2.02. The summed E-state index contributed by atoms with van der Waals surface area (Å²) in [4.78, 5) is 8.30. The van der Waals surface area contributed by atoms with Crippen LogP contribution in [0.25, 0.3) is 11.1 Å². The average Bonchev–Trinajstić information content (AvgIpc) is 2.49. The van der Waals surface area contributed by atoms with E-state index in [0.717, 1.165) is 16.8 Å². The Kier molecular flexibility index (Phi) is 1.57. The largest absolute Gasteiger partial charge is 0.442 e. The lowest BCUT2D eigenvalue weighted by atomic mass is 10.1. The molecule has 0 atom stereocenters. The number of fused-ring (bicyclic) bond motifs is 1. The smallest absolute Gasteiger partial charge is 0.182 e. The number of hydrogen-bond donors (Lipinski definition) is 0. The van der Waals surface area contributed by atoms with Crippen molar-refractivity contribution in [2.24, 2.45) is 0 Å². The molecule has 62 valence electrons. The molecule has 0 saturated heterocycles. The average molecular weight is 162 g/mol. The van der Waals surface area contributed by atoms with Crippen molar-refractivity contribution in [3.05, 3.63) is 24.4 Å². The first-order chi connectivity index (χ1) is 5.79. The Morgan fingerprint density at radius 3 is 2.92 bits per heavy atom. The first-order valence-electron chi connectivity index (χ1n) is 3.97. The van der Waals surface area contributed by atoms with E-state index in [2.05, 4.69) is 23.8 Å². The highest BCUT2D eigenvalue weighted by molar-refractivity contribution is 5.74. The molecule has 0 fully saturated rings. The van der Waals surface area contributed by atoms with E-state index in [1.165, 1.54) is 6.39 Å². The van der Waals surface area contributed by atoms with Crippen LogP contribution in [0, 0.1) is 0 Å². The molecule has 0 spiro atoms. The Labute approximate surface area is 70.4 Å². The van der Waals surface area contributed by atoms with E-state index in [1.807, 2.05) is 6.07 Å². The first kappa shape index (κ1) is 7.28. The monoisotopic (exact) mass is 162 g/mol. The summed E-state index contributed by atoms with van der Waals surface area (Å²) in [5.41, 5.74) is 2.67. The summed E-state index contributed by atoms with van der Waals surface area (Å²) in [7, 11) is 0. The molecule has 2 heterocycles. The minimum atomic E-state index is 0.377. The number of aromatic nitrogens is 2. The number of pyridine rings is 1. The minimum absolute atomic E-state index is 0.377. The van der Waals surface area contributed by atoms with Gasteiger partial charge in [-0.3, -0.25) is 4.98 Å². The summed E-state index contributed by atoms with van der Waals surface area (Å²) in [6.07, 6.45) is 3.22. The van der Waals surface area contributed by atoms with E-state index >= 15 is 0 Å². The lowest BCUT2D eigenvalue weighted by Crippen LogP contribution is -1.91. The first-order valence-corrected chi connectivity index (χ1v) is 3.97. The normalized spacial score (nSPS) is 11.2. The van der Waals surface area contributed by atoms with Crippen molar-refractivity contribution >= 4 is 11.1 Å². The van der Waals surface area contributed by atoms with Crippen molar-refractivity contribution in [3.63, 3.8) is 0 Å². The third kappa shape index (κ3) is 0.978. The minimum Gasteiger partial charge on any atom is -0.442 e. The maximum absolute atomic E-state index is 5.24. The van der Waals surface area contributed by atoms with Crippen molar-refractivity contribution in [2.45, 2.75) is 19.8 Å². The van der Waals surface area contributed by atoms with Gasteiger partial charge in [0.1, 0.15) is 5.52 Å². The second kappa shape index (κ2) is 2.59. The molecular formula is C9H10N2O. The van der Waals surface area contributed by atoms with Gasteiger partial charge in [0.15, 0.2) is 12.0 Å². The fraction of sp³-hybridized carbons (Fsp3) is 0.333. The van der Waals surface area contributed by atoms with Crippen LogP contribution < -0.4 is 0 Å². The van der Waals surface area contributed by atoms with Gasteiger partial charge in [-0.1, -0.05) is 13.8 Å². The molecule has 2 aromatic rings. The van der Waals surface area contributed by atoms with Crippen molar-refractivity contribution in [1.82, 2.24) is 9.97 Å². The highest BCUT2D eigenvalue weighted by Gasteiger charge is 2.09. The molecule has 0 aromatic carbocycles. The van der Waals surface area contributed by atoms with Gasteiger partial charge in [-0.2, -0.15) is 0 Å². The predicted molar refractivity (Wildman–Crippen MR) is 45.9 cm³/mol. The van der Waals surface area contributed by atoms with Crippen LogP contribution in [0.5, 0.6) is 0 Å². The van der Waals surface area contributed by atoms with Crippen molar-refractivity contribution in [3.8, 4) is 0 Å². The molecule has 0 saturated carbocycles. The molecule has 0 N–H and O–H groups in total. The Morgan fingerprint density at radius 1 is 1.33 bits per heavy atom. The summed E-state index contributed by atoms with van der Waals surface area (Å²) in [5.74, 6) is 0.377. The van der Waals surface area contributed by atoms with E-state index in [0.29, 0.717) is 5.92 Å². The summed E-state index contributed by atoms with van der Waals surface area (Å²) in [6, 6.07) is 1.85. The second-order valence-corrected chi connectivity index (χ2v) is 3.05. The van der Waals surface area contributed by atoms with Crippen LogP contribution in [0.15, 0.2) is 23.1 Å². The van der Waals surface area contributed by atoms with Gasteiger partial charge in [-0.15, -0.1) is 0 Å². The van der Waals surface area contributed by atoms with Gasteiger partial charge in [-0.25, -0.2) is 4.98 Å². The third-order valence-electron chi connectivity index (χ3n) is 1.82. The molecule has 0 radical (unpaired) electrons. The lowest BCUT2D eigenvalue weighted by molar-refractivity contribution is 0.591. The predicted octanol–water partition coefficient (Wildman–Crippen LogP) is 2.35. The molecule has 2 rings (SSSR count). The van der Waals surface area contributed by atoms with E-state index in [9.17, 15) is 0 Å². The quantitative estimate of drug-likeness (QED) is 0.646. The van der Waals surface area contributed by atoms with Crippen molar-refractivity contribution < 1.29 is 4.42 Å². The zero-order chi connectivity index (χ0) is 8.55. The van der Waals surface area contributed by atoms with Crippen molar-refractivity contribution in [1.29, 1.82) is 0 Å². The molecule has 0 amide bonds. The zero-order valence-corrected chi connectivity index (χ0v) is 7.11. The van der Waals surface area contributed by atoms with Crippen LogP contribution in [-0.4, -0.2) is 9.97 Å².